The summed E-state index contributed by atoms with van der Waals surface area (Å²) < 4.78 is 26.4. The third-order valence-corrected chi connectivity index (χ3v) is 5.51. The Kier molecular flexibility index (Phi) is 8.42. The minimum atomic E-state index is -3.27. The van der Waals surface area contributed by atoms with Crippen LogP contribution in [0.2, 0.25) is 0 Å². The zero-order valence-corrected chi connectivity index (χ0v) is 16.1. The summed E-state index contributed by atoms with van der Waals surface area (Å²) in [7, 11) is -3.27. The van der Waals surface area contributed by atoms with E-state index in [2.05, 4.69) is 18.6 Å². The highest BCUT2D eigenvalue weighted by molar-refractivity contribution is 7.89. The lowest BCUT2D eigenvalue weighted by Gasteiger charge is -2.26. The van der Waals surface area contributed by atoms with Crippen LogP contribution in [0.3, 0.4) is 0 Å². The van der Waals surface area contributed by atoms with Crippen molar-refractivity contribution in [2.75, 3.05) is 23.7 Å². The number of rotatable bonds is 10. The van der Waals surface area contributed by atoms with Crippen LogP contribution in [0.15, 0.2) is 18.2 Å². The van der Waals surface area contributed by atoms with Crippen molar-refractivity contribution in [2.45, 2.75) is 53.4 Å². The van der Waals surface area contributed by atoms with Gasteiger partial charge >= 0.3 is 0 Å². The van der Waals surface area contributed by atoms with Crippen LogP contribution in [0.25, 0.3) is 0 Å². The third kappa shape index (κ3) is 5.91. The van der Waals surface area contributed by atoms with Crippen LogP contribution < -0.4 is 9.62 Å². The van der Waals surface area contributed by atoms with Gasteiger partial charge < -0.3 is 4.90 Å². The molecule has 136 valence electrons. The lowest BCUT2D eigenvalue weighted by atomic mass is 10.0. The van der Waals surface area contributed by atoms with E-state index in [1.807, 2.05) is 25.1 Å². The Morgan fingerprint density at radius 3 is 2.17 bits per heavy atom. The van der Waals surface area contributed by atoms with E-state index in [0.29, 0.717) is 13.0 Å². The van der Waals surface area contributed by atoms with Gasteiger partial charge in [-0.25, -0.2) is 13.1 Å². The van der Waals surface area contributed by atoms with E-state index in [9.17, 15) is 13.2 Å². The van der Waals surface area contributed by atoms with Gasteiger partial charge in [0.25, 0.3) is 0 Å². The zero-order chi connectivity index (χ0) is 18.2. The molecule has 0 aliphatic rings. The Balaban J connectivity index is 2.92. The molecule has 1 N–H and O–H groups in total. The van der Waals surface area contributed by atoms with Gasteiger partial charge in [-0.3, -0.25) is 4.79 Å². The van der Waals surface area contributed by atoms with Crippen LogP contribution in [0, 0.1) is 0 Å². The van der Waals surface area contributed by atoms with Gasteiger partial charge in [-0.05, 0) is 30.4 Å². The summed E-state index contributed by atoms with van der Waals surface area (Å²) in [4.78, 5) is 13.9. The fraction of sp³-hybridized carbons (Fsp3) is 0.611. The molecule has 0 unspecified atom stereocenters. The molecule has 0 aromatic heterocycles. The second kappa shape index (κ2) is 9.79. The molecule has 0 aliphatic heterocycles. The van der Waals surface area contributed by atoms with Crippen LogP contribution in [-0.4, -0.2) is 33.2 Å². The van der Waals surface area contributed by atoms with Gasteiger partial charge in [0.15, 0.2) is 0 Å². The van der Waals surface area contributed by atoms with E-state index in [-0.39, 0.29) is 18.2 Å². The number of unbranched alkanes of at least 4 members (excludes halogenated alkanes) is 1. The van der Waals surface area contributed by atoms with Gasteiger partial charge in [0.1, 0.15) is 0 Å². The summed E-state index contributed by atoms with van der Waals surface area (Å²) in [6, 6.07) is 6.05. The van der Waals surface area contributed by atoms with E-state index in [4.69, 9.17) is 0 Å². The van der Waals surface area contributed by atoms with E-state index in [0.717, 1.165) is 36.1 Å². The Morgan fingerprint density at radius 1 is 1.12 bits per heavy atom. The number of nitrogens with zero attached hydrogens (tertiary/aromatic N) is 1. The number of hydrogen-bond acceptors (Lipinski definition) is 3. The van der Waals surface area contributed by atoms with Gasteiger partial charge in [-0.15, -0.1) is 0 Å². The van der Waals surface area contributed by atoms with Crippen molar-refractivity contribution in [3.05, 3.63) is 29.3 Å². The lowest BCUT2D eigenvalue weighted by molar-refractivity contribution is -0.116. The fourth-order valence-corrected chi connectivity index (χ4v) is 3.92. The zero-order valence-electron chi connectivity index (χ0n) is 15.3. The summed E-state index contributed by atoms with van der Waals surface area (Å²) in [6.45, 7) is 8.17. The topological polar surface area (TPSA) is 66.5 Å². The normalized spacial score (nSPS) is 11.5. The molecular weight excluding hydrogens is 324 g/mol. The van der Waals surface area contributed by atoms with Gasteiger partial charge in [0.05, 0.1) is 11.4 Å². The van der Waals surface area contributed by atoms with E-state index in [1.54, 1.807) is 4.90 Å². The number of hydrogen-bond donors (Lipinski definition) is 1. The Bertz CT molecular complexity index is 619. The van der Waals surface area contributed by atoms with Gasteiger partial charge in [0, 0.05) is 20.0 Å². The highest BCUT2D eigenvalue weighted by atomic mass is 32.2. The van der Waals surface area contributed by atoms with Crippen molar-refractivity contribution in [1.29, 1.82) is 0 Å². The predicted octanol–water partition coefficient (Wildman–Crippen LogP) is 2.88. The number of aryl methyl sites for hydroxylation is 2. The smallest absolute Gasteiger partial charge is 0.223 e. The Hall–Kier alpha value is -1.40. The van der Waals surface area contributed by atoms with Crippen LogP contribution in [0.4, 0.5) is 5.69 Å². The molecule has 6 heteroatoms. The first-order valence-corrected chi connectivity index (χ1v) is 10.4. The molecule has 0 saturated carbocycles. The SMILES string of the molecule is CCCCS(=O)(=O)NCCN(C(C)=O)c1c(CC)cccc1CC. The second-order valence-corrected chi connectivity index (χ2v) is 7.80. The maximum absolute atomic E-state index is 12.2. The molecule has 1 aromatic carbocycles. The molecule has 0 radical (unpaired) electrons. The number of amides is 1. The standard InChI is InChI=1S/C18H30N2O3S/c1-5-8-14-24(22,23)19-12-13-20(15(4)21)18-16(6-2)10-9-11-17(18)7-3/h9-11,19H,5-8,12-14H2,1-4H3. The van der Waals surface area contributed by atoms with Gasteiger partial charge in [-0.1, -0.05) is 45.4 Å². The van der Waals surface area contributed by atoms with Crippen LogP contribution in [0.5, 0.6) is 0 Å². The molecule has 1 amide bonds. The average Bonchev–Trinajstić information content (AvgIpc) is 2.56. The molecule has 0 bridgehead atoms. The number of para-hydroxylation sites is 1. The summed E-state index contributed by atoms with van der Waals surface area (Å²) in [5.74, 6) is 0.0633. The largest absolute Gasteiger partial charge is 0.311 e. The van der Waals surface area contributed by atoms with Crippen LogP contribution in [0.1, 0.15) is 51.7 Å². The Morgan fingerprint density at radius 2 is 1.71 bits per heavy atom. The summed E-state index contributed by atoms with van der Waals surface area (Å²) in [5.41, 5.74) is 3.15. The average molecular weight is 355 g/mol. The highest BCUT2D eigenvalue weighted by Crippen LogP contribution is 2.27. The summed E-state index contributed by atoms with van der Waals surface area (Å²) >= 11 is 0. The summed E-state index contributed by atoms with van der Waals surface area (Å²) in [5, 5.41) is 0. The van der Waals surface area contributed by atoms with Gasteiger partial charge in [-0.2, -0.15) is 0 Å². The number of nitrogens with one attached hydrogen (secondary N) is 1. The minimum absolute atomic E-state index is 0.0710. The number of anilines is 1. The maximum Gasteiger partial charge on any atom is 0.223 e. The molecule has 1 aromatic rings. The molecule has 0 heterocycles. The number of carbonyl (C=O) groups excluding carboxylic acids is 1. The number of sulfonamides is 1. The predicted molar refractivity (Wildman–Crippen MR) is 99.9 cm³/mol. The quantitative estimate of drug-likeness (QED) is 0.702. The molecule has 0 fully saturated rings. The fourth-order valence-electron chi connectivity index (χ4n) is 2.71. The molecule has 0 spiro atoms. The van der Waals surface area contributed by atoms with Crippen molar-refractivity contribution < 1.29 is 13.2 Å². The van der Waals surface area contributed by atoms with E-state index in [1.165, 1.54) is 6.92 Å². The third-order valence-electron chi connectivity index (χ3n) is 4.04. The molecule has 5 nitrogen and oxygen atoms in total. The number of benzene rings is 1. The second-order valence-electron chi connectivity index (χ2n) is 5.87. The van der Waals surface area contributed by atoms with Gasteiger partial charge in [0.2, 0.25) is 15.9 Å². The molecule has 24 heavy (non-hydrogen) atoms. The Labute approximate surface area is 146 Å². The van der Waals surface area contributed by atoms with E-state index < -0.39 is 10.0 Å². The maximum atomic E-state index is 12.2. The van der Waals surface area contributed by atoms with Crippen molar-refractivity contribution in [2.24, 2.45) is 0 Å². The first-order valence-electron chi connectivity index (χ1n) is 8.72. The lowest BCUT2D eigenvalue weighted by Crippen LogP contribution is -2.39. The monoisotopic (exact) mass is 354 g/mol. The van der Waals surface area contributed by atoms with Crippen molar-refractivity contribution in [3.8, 4) is 0 Å². The van der Waals surface area contributed by atoms with Crippen molar-refractivity contribution in [1.82, 2.24) is 4.72 Å². The molecule has 0 aliphatic carbocycles. The highest BCUT2D eigenvalue weighted by Gasteiger charge is 2.18. The molecule has 1 rings (SSSR count). The van der Waals surface area contributed by atoms with Crippen LogP contribution >= 0.6 is 0 Å². The van der Waals surface area contributed by atoms with Crippen molar-refractivity contribution >= 4 is 21.6 Å². The first-order chi connectivity index (χ1) is 11.4. The molecule has 0 atom stereocenters. The van der Waals surface area contributed by atoms with E-state index >= 15 is 0 Å². The summed E-state index contributed by atoms with van der Waals surface area (Å²) in [6.07, 6.45) is 3.14. The number of carbonyl (C=O) groups is 1. The molecule has 0 saturated heterocycles. The first kappa shape index (κ1) is 20.6. The minimum Gasteiger partial charge on any atom is -0.311 e. The molecular formula is C18H30N2O3S. The van der Waals surface area contributed by atoms with Crippen LogP contribution in [-0.2, 0) is 27.7 Å². The van der Waals surface area contributed by atoms with Crippen molar-refractivity contribution in [3.63, 3.8) is 0 Å².